The van der Waals surface area contributed by atoms with Gasteiger partial charge in [-0.15, -0.1) is 0 Å². The van der Waals surface area contributed by atoms with E-state index in [1.165, 1.54) is 6.07 Å². The van der Waals surface area contributed by atoms with E-state index in [0.717, 1.165) is 18.4 Å². The number of halogens is 1. The van der Waals surface area contributed by atoms with Crippen molar-refractivity contribution in [1.29, 1.82) is 0 Å². The molecule has 2 N–H and O–H groups in total. The van der Waals surface area contributed by atoms with Gasteiger partial charge in [-0.25, -0.2) is 4.39 Å². The smallest absolute Gasteiger partial charge is 0.223 e. The van der Waals surface area contributed by atoms with Crippen LogP contribution in [0.2, 0.25) is 0 Å². The monoisotopic (exact) mass is 396 g/mol. The second kappa shape index (κ2) is 10.2. The van der Waals surface area contributed by atoms with Crippen LogP contribution in [-0.4, -0.2) is 18.4 Å². The average molecular weight is 397 g/mol. The second-order valence-corrected chi connectivity index (χ2v) is 7.82. The summed E-state index contributed by atoms with van der Waals surface area (Å²) in [6.45, 7) is 2.41. The fourth-order valence-electron chi connectivity index (χ4n) is 3.94. The van der Waals surface area contributed by atoms with E-state index in [-0.39, 0.29) is 35.5 Å². The molecular weight excluding hydrogens is 367 g/mol. The summed E-state index contributed by atoms with van der Waals surface area (Å²) in [7, 11) is 0. The van der Waals surface area contributed by atoms with Gasteiger partial charge in [0.05, 0.1) is 6.04 Å². The maximum atomic E-state index is 13.6. The molecule has 1 atom stereocenters. The van der Waals surface area contributed by atoms with Crippen molar-refractivity contribution in [2.45, 2.75) is 45.1 Å². The maximum absolute atomic E-state index is 13.6. The van der Waals surface area contributed by atoms with Crippen molar-refractivity contribution >= 4 is 11.8 Å². The minimum absolute atomic E-state index is 0.0119. The zero-order valence-corrected chi connectivity index (χ0v) is 16.9. The first-order valence-electron chi connectivity index (χ1n) is 10.4. The molecule has 1 unspecified atom stereocenters. The van der Waals surface area contributed by atoms with Crippen LogP contribution in [0.5, 0.6) is 0 Å². The highest BCUT2D eigenvalue weighted by Gasteiger charge is 2.30. The first-order valence-corrected chi connectivity index (χ1v) is 10.4. The van der Waals surface area contributed by atoms with Gasteiger partial charge < -0.3 is 10.6 Å². The number of rotatable bonds is 7. The summed E-state index contributed by atoms with van der Waals surface area (Å²) in [4.78, 5) is 25.0. The number of hydrogen-bond acceptors (Lipinski definition) is 2. The van der Waals surface area contributed by atoms with Gasteiger partial charge in [-0.2, -0.15) is 0 Å². The summed E-state index contributed by atoms with van der Waals surface area (Å²) in [6, 6.07) is 16.5. The average Bonchev–Trinajstić information content (AvgIpc) is 2.75. The number of carbonyl (C=O) groups is 2. The summed E-state index contributed by atoms with van der Waals surface area (Å²) in [5, 5.41) is 6.01. The zero-order valence-electron chi connectivity index (χ0n) is 16.9. The van der Waals surface area contributed by atoms with Gasteiger partial charge in [0, 0.05) is 18.4 Å². The van der Waals surface area contributed by atoms with Crippen molar-refractivity contribution in [2.24, 2.45) is 11.8 Å². The summed E-state index contributed by atoms with van der Waals surface area (Å²) in [5.41, 5.74) is 1.70. The lowest BCUT2D eigenvalue weighted by Gasteiger charge is -2.28. The molecule has 1 aliphatic rings. The van der Waals surface area contributed by atoms with E-state index in [0.29, 0.717) is 31.4 Å². The highest BCUT2D eigenvalue weighted by molar-refractivity contribution is 5.81. The fourth-order valence-corrected chi connectivity index (χ4v) is 3.94. The predicted molar refractivity (Wildman–Crippen MR) is 112 cm³/mol. The molecule has 1 saturated carbocycles. The van der Waals surface area contributed by atoms with Crippen LogP contribution in [0.15, 0.2) is 54.6 Å². The third-order valence-corrected chi connectivity index (χ3v) is 5.78. The van der Waals surface area contributed by atoms with Crippen LogP contribution in [0, 0.1) is 17.7 Å². The molecule has 0 heterocycles. The Morgan fingerprint density at radius 1 is 0.931 bits per heavy atom. The molecule has 2 aromatic carbocycles. The molecule has 154 valence electrons. The molecule has 0 radical (unpaired) electrons. The van der Waals surface area contributed by atoms with Crippen molar-refractivity contribution < 1.29 is 14.0 Å². The lowest BCUT2D eigenvalue weighted by atomic mass is 9.81. The Morgan fingerprint density at radius 3 is 2.17 bits per heavy atom. The van der Waals surface area contributed by atoms with E-state index in [1.807, 2.05) is 37.3 Å². The number of hydrogen-bond donors (Lipinski definition) is 2. The number of benzene rings is 2. The zero-order chi connectivity index (χ0) is 20.6. The summed E-state index contributed by atoms with van der Waals surface area (Å²) < 4.78 is 13.6. The van der Waals surface area contributed by atoms with Gasteiger partial charge in [0.25, 0.3) is 0 Å². The molecule has 0 spiro atoms. The highest BCUT2D eigenvalue weighted by atomic mass is 19.1. The highest BCUT2D eigenvalue weighted by Crippen LogP contribution is 2.29. The number of nitrogens with one attached hydrogen (secondary N) is 2. The molecule has 4 nitrogen and oxygen atoms in total. The van der Waals surface area contributed by atoms with Crippen LogP contribution in [0.3, 0.4) is 0 Å². The van der Waals surface area contributed by atoms with Gasteiger partial charge in [0.2, 0.25) is 11.8 Å². The van der Waals surface area contributed by atoms with E-state index in [4.69, 9.17) is 0 Å². The topological polar surface area (TPSA) is 58.2 Å². The molecule has 2 aromatic rings. The standard InChI is InChI=1S/C24H29FN2O2/c1-17(18-7-3-2-4-8-18)27-24(29)21-13-11-20(12-14-21)23(28)26-16-15-19-9-5-6-10-22(19)25/h2-10,17,20-21H,11-16H2,1H3,(H,26,28)(H,27,29). The molecule has 3 rings (SSSR count). The van der Waals surface area contributed by atoms with Crippen molar-refractivity contribution in [3.05, 3.63) is 71.5 Å². The van der Waals surface area contributed by atoms with E-state index in [1.54, 1.807) is 18.2 Å². The summed E-state index contributed by atoms with van der Waals surface area (Å²) in [5.74, 6) is -0.259. The van der Waals surface area contributed by atoms with E-state index < -0.39 is 0 Å². The van der Waals surface area contributed by atoms with Crippen LogP contribution in [0.1, 0.15) is 49.8 Å². The Labute approximate surface area is 171 Å². The summed E-state index contributed by atoms with van der Waals surface area (Å²) >= 11 is 0. The Balaban J connectivity index is 1.39. The molecule has 5 heteroatoms. The SMILES string of the molecule is CC(NC(=O)C1CCC(C(=O)NCCc2ccccc2F)CC1)c1ccccc1. The first kappa shape index (κ1) is 21.0. The molecule has 1 fully saturated rings. The Kier molecular flexibility index (Phi) is 7.39. The third-order valence-electron chi connectivity index (χ3n) is 5.78. The molecule has 0 aliphatic heterocycles. The molecule has 0 saturated heterocycles. The lowest BCUT2D eigenvalue weighted by Crippen LogP contribution is -2.38. The first-order chi connectivity index (χ1) is 14.0. The van der Waals surface area contributed by atoms with E-state index in [9.17, 15) is 14.0 Å². The van der Waals surface area contributed by atoms with Crippen LogP contribution >= 0.6 is 0 Å². The van der Waals surface area contributed by atoms with Crippen molar-refractivity contribution in [1.82, 2.24) is 10.6 Å². The van der Waals surface area contributed by atoms with Gasteiger partial charge in [0.1, 0.15) is 5.82 Å². The molecule has 1 aliphatic carbocycles. The quantitative estimate of drug-likeness (QED) is 0.738. The van der Waals surface area contributed by atoms with Crippen LogP contribution < -0.4 is 10.6 Å². The maximum Gasteiger partial charge on any atom is 0.223 e. The molecule has 0 aromatic heterocycles. The van der Waals surface area contributed by atoms with Crippen molar-refractivity contribution in [3.63, 3.8) is 0 Å². The van der Waals surface area contributed by atoms with Gasteiger partial charge in [-0.05, 0) is 56.2 Å². The number of carbonyl (C=O) groups excluding carboxylic acids is 2. The summed E-state index contributed by atoms with van der Waals surface area (Å²) in [6.07, 6.45) is 3.34. The van der Waals surface area contributed by atoms with E-state index in [2.05, 4.69) is 10.6 Å². The van der Waals surface area contributed by atoms with Gasteiger partial charge in [0.15, 0.2) is 0 Å². The third kappa shape index (κ3) is 5.89. The van der Waals surface area contributed by atoms with E-state index >= 15 is 0 Å². The van der Waals surface area contributed by atoms with Gasteiger partial charge in [-0.1, -0.05) is 48.5 Å². The van der Waals surface area contributed by atoms with Gasteiger partial charge in [-0.3, -0.25) is 9.59 Å². The minimum atomic E-state index is -0.238. The van der Waals surface area contributed by atoms with Crippen molar-refractivity contribution in [3.8, 4) is 0 Å². The Morgan fingerprint density at radius 2 is 1.52 bits per heavy atom. The number of amides is 2. The Bertz CT molecular complexity index is 817. The Hall–Kier alpha value is -2.69. The predicted octanol–water partition coefficient (Wildman–Crippen LogP) is 4.17. The van der Waals surface area contributed by atoms with Crippen LogP contribution in [-0.2, 0) is 16.0 Å². The molecular formula is C24H29FN2O2. The minimum Gasteiger partial charge on any atom is -0.356 e. The van der Waals surface area contributed by atoms with Crippen molar-refractivity contribution in [2.75, 3.05) is 6.54 Å². The molecule has 29 heavy (non-hydrogen) atoms. The van der Waals surface area contributed by atoms with Gasteiger partial charge >= 0.3 is 0 Å². The fraction of sp³-hybridized carbons (Fsp3) is 0.417. The largest absolute Gasteiger partial charge is 0.356 e. The molecule has 0 bridgehead atoms. The molecule has 2 amide bonds. The van der Waals surface area contributed by atoms with Crippen LogP contribution in [0.4, 0.5) is 4.39 Å². The normalized spacial score (nSPS) is 19.9. The lowest BCUT2D eigenvalue weighted by molar-refractivity contribution is -0.130. The van der Waals surface area contributed by atoms with Crippen LogP contribution in [0.25, 0.3) is 0 Å². The second-order valence-electron chi connectivity index (χ2n) is 7.82.